The molecule has 0 aromatic heterocycles. The first-order chi connectivity index (χ1) is 6.88. The molecule has 0 bridgehead atoms. The van der Waals surface area contributed by atoms with Crippen LogP contribution in [0.4, 0.5) is 0 Å². The number of nitrogens with one attached hydrogen (secondary N) is 1. The van der Waals surface area contributed by atoms with Crippen LogP contribution in [0.25, 0.3) is 0 Å². The average molecular weight is 210 g/mol. The Morgan fingerprint density at radius 1 is 0.933 bits per heavy atom. The van der Waals surface area contributed by atoms with Gasteiger partial charge in [0.05, 0.1) is 0 Å². The van der Waals surface area contributed by atoms with Crippen LogP contribution >= 0.6 is 0 Å². The van der Waals surface area contributed by atoms with Crippen LogP contribution in [0.5, 0.6) is 0 Å². The molecule has 0 spiro atoms. The van der Waals surface area contributed by atoms with E-state index in [1.54, 1.807) is 0 Å². The van der Waals surface area contributed by atoms with Crippen LogP contribution in [0, 0.1) is 0 Å². The summed E-state index contributed by atoms with van der Waals surface area (Å²) < 4.78 is 0. The van der Waals surface area contributed by atoms with Crippen LogP contribution in [0.1, 0.15) is 53.4 Å². The van der Waals surface area contributed by atoms with Gasteiger partial charge in [-0.15, -0.1) is 0 Å². The van der Waals surface area contributed by atoms with Crippen LogP contribution in [0.2, 0.25) is 0 Å². The molecular weight excluding hydrogens is 184 g/mol. The highest BCUT2D eigenvalue weighted by Gasteiger charge is 2.40. The molecule has 2 aliphatic rings. The molecule has 0 aromatic rings. The quantitative estimate of drug-likeness (QED) is 0.715. The first-order valence-corrected chi connectivity index (χ1v) is 6.41. The van der Waals surface area contributed by atoms with Crippen molar-refractivity contribution in [3.05, 3.63) is 0 Å². The number of rotatable bonds is 1. The number of hydrogen-bond acceptors (Lipinski definition) is 2. The maximum Gasteiger partial charge on any atom is 0.0145 e. The minimum atomic E-state index is 0.301. The molecule has 2 heteroatoms. The van der Waals surface area contributed by atoms with Gasteiger partial charge in [0.25, 0.3) is 0 Å². The van der Waals surface area contributed by atoms with Crippen LogP contribution < -0.4 is 5.32 Å². The molecule has 0 atom stereocenters. The standard InChI is InChI=1S/C13H26N2/c1-12(2)9-11(10-13(3,4)14-12)15-7-5-6-8-15/h11,14H,5-10H2,1-4H3. The Balaban J connectivity index is 2.05. The molecule has 2 aliphatic heterocycles. The van der Waals surface area contributed by atoms with Crippen molar-refractivity contribution in [1.29, 1.82) is 0 Å². The van der Waals surface area contributed by atoms with Crippen molar-refractivity contribution in [2.45, 2.75) is 70.5 Å². The van der Waals surface area contributed by atoms with E-state index in [1.165, 1.54) is 38.8 Å². The van der Waals surface area contributed by atoms with Crippen LogP contribution in [-0.2, 0) is 0 Å². The maximum atomic E-state index is 3.76. The van der Waals surface area contributed by atoms with Gasteiger partial charge < -0.3 is 10.2 Å². The first-order valence-electron chi connectivity index (χ1n) is 6.41. The molecule has 2 fully saturated rings. The maximum absolute atomic E-state index is 3.76. The van der Waals surface area contributed by atoms with Crippen LogP contribution in [0.15, 0.2) is 0 Å². The van der Waals surface area contributed by atoms with E-state index >= 15 is 0 Å². The van der Waals surface area contributed by atoms with E-state index < -0.39 is 0 Å². The minimum Gasteiger partial charge on any atom is -0.307 e. The lowest BCUT2D eigenvalue weighted by Gasteiger charge is -2.49. The van der Waals surface area contributed by atoms with E-state index in [-0.39, 0.29) is 0 Å². The fourth-order valence-electron chi connectivity index (χ4n) is 3.63. The van der Waals surface area contributed by atoms with Gasteiger partial charge >= 0.3 is 0 Å². The number of likely N-dealkylation sites (tertiary alicyclic amines) is 1. The van der Waals surface area contributed by atoms with Crippen molar-refractivity contribution < 1.29 is 0 Å². The van der Waals surface area contributed by atoms with Gasteiger partial charge in [0, 0.05) is 17.1 Å². The third kappa shape index (κ3) is 2.73. The monoisotopic (exact) mass is 210 g/mol. The van der Waals surface area contributed by atoms with Crippen LogP contribution in [-0.4, -0.2) is 35.1 Å². The van der Waals surface area contributed by atoms with E-state index in [4.69, 9.17) is 0 Å². The zero-order chi connectivity index (χ0) is 11.1. The van der Waals surface area contributed by atoms with Gasteiger partial charge in [-0.2, -0.15) is 0 Å². The predicted octanol–water partition coefficient (Wildman–Crippen LogP) is 2.39. The highest BCUT2D eigenvalue weighted by molar-refractivity contribution is 5.00. The largest absolute Gasteiger partial charge is 0.307 e. The SMILES string of the molecule is CC1(C)CC(N2CCCC2)CC(C)(C)N1. The molecule has 0 aliphatic carbocycles. The van der Waals surface area contributed by atoms with Crippen molar-refractivity contribution in [3.8, 4) is 0 Å². The van der Waals surface area contributed by atoms with Crippen molar-refractivity contribution in [2.24, 2.45) is 0 Å². The van der Waals surface area contributed by atoms with E-state index in [9.17, 15) is 0 Å². The molecule has 0 unspecified atom stereocenters. The van der Waals surface area contributed by atoms with Crippen molar-refractivity contribution in [3.63, 3.8) is 0 Å². The number of nitrogens with zero attached hydrogens (tertiary/aromatic N) is 1. The molecule has 2 nitrogen and oxygen atoms in total. The second kappa shape index (κ2) is 3.74. The Morgan fingerprint density at radius 2 is 1.40 bits per heavy atom. The number of piperidine rings is 1. The normalized spacial score (nSPS) is 32.0. The molecule has 88 valence electrons. The Bertz CT molecular complexity index is 211. The van der Waals surface area contributed by atoms with Gasteiger partial charge in [0.15, 0.2) is 0 Å². The summed E-state index contributed by atoms with van der Waals surface area (Å²) in [6, 6.07) is 0.804. The van der Waals surface area contributed by atoms with Gasteiger partial charge in [0.2, 0.25) is 0 Å². The summed E-state index contributed by atoms with van der Waals surface area (Å²) in [5.74, 6) is 0. The smallest absolute Gasteiger partial charge is 0.0145 e. The predicted molar refractivity (Wildman–Crippen MR) is 65.1 cm³/mol. The first kappa shape index (κ1) is 11.4. The van der Waals surface area contributed by atoms with Gasteiger partial charge in [0.1, 0.15) is 0 Å². The highest BCUT2D eigenvalue weighted by atomic mass is 15.2. The topological polar surface area (TPSA) is 15.3 Å². The van der Waals surface area contributed by atoms with E-state index in [0.29, 0.717) is 11.1 Å². The second-order valence-corrected chi connectivity index (χ2v) is 6.70. The van der Waals surface area contributed by atoms with Gasteiger partial charge in [-0.1, -0.05) is 0 Å². The summed E-state index contributed by atoms with van der Waals surface area (Å²) in [6.45, 7) is 12.0. The van der Waals surface area contributed by atoms with Crippen LogP contribution in [0.3, 0.4) is 0 Å². The summed E-state index contributed by atoms with van der Waals surface area (Å²) in [5, 5.41) is 3.76. The third-order valence-corrected chi connectivity index (χ3v) is 3.83. The Kier molecular flexibility index (Phi) is 2.85. The fourth-order valence-corrected chi connectivity index (χ4v) is 3.63. The summed E-state index contributed by atoms with van der Waals surface area (Å²) in [5.41, 5.74) is 0.601. The Morgan fingerprint density at radius 3 is 1.87 bits per heavy atom. The van der Waals surface area contributed by atoms with Crippen molar-refractivity contribution >= 4 is 0 Å². The van der Waals surface area contributed by atoms with Gasteiger partial charge in [-0.3, -0.25) is 0 Å². The Labute approximate surface area is 94.4 Å². The van der Waals surface area contributed by atoms with E-state index in [2.05, 4.69) is 37.9 Å². The minimum absolute atomic E-state index is 0.301. The molecule has 2 rings (SSSR count). The zero-order valence-electron chi connectivity index (χ0n) is 10.8. The number of hydrogen-bond donors (Lipinski definition) is 1. The lowest BCUT2D eigenvalue weighted by molar-refractivity contribution is 0.0806. The molecule has 2 heterocycles. The molecule has 0 aromatic carbocycles. The summed E-state index contributed by atoms with van der Waals surface area (Å²) >= 11 is 0. The highest BCUT2D eigenvalue weighted by Crippen LogP contribution is 2.32. The van der Waals surface area contributed by atoms with Gasteiger partial charge in [-0.25, -0.2) is 0 Å². The summed E-state index contributed by atoms with van der Waals surface area (Å²) in [4.78, 5) is 2.71. The molecule has 15 heavy (non-hydrogen) atoms. The lowest BCUT2D eigenvalue weighted by atomic mass is 9.79. The van der Waals surface area contributed by atoms with Gasteiger partial charge in [-0.05, 0) is 66.5 Å². The molecule has 0 radical (unpaired) electrons. The molecule has 2 saturated heterocycles. The molecule has 0 amide bonds. The van der Waals surface area contributed by atoms with Crippen molar-refractivity contribution in [2.75, 3.05) is 13.1 Å². The van der Waals surface area contributed by atoms with E-state index in [1.807, 2.05) is 0 Å². The molecule has 1 N–H and O–H groups in total. The Hall–Kier alpha value is -0.0800. The fraction of sp³-hybridized carbons (Fsp3) is 1.00. The second-order valence-electron chi connectivity index (χ2n) is 6.70. The van der Waals surface area contributed by atoms with E-state index in [0.717, 1.165) is 6.04 Å². The third-order valence-electron chi connectivity index (χ3n) is 3.83. The summed E-state index contributed by atoms with van der Waals surface area (Å²) in [6.07, 6.45) is 5.42. The van der Waals surface area contributed by atoms with Crippen molar-refractivity contribution in [1.82, 2.24) is 10.2 Å². The lowest BCUT2D eigenvalue weighted by Crippen LogP contribution is -2.61. The zero-order valence-corrected chi connectivity index (χ0v) is 10.8. The average Bonchev–Trinajstić information content (AvgIpc) is 2.48. The molecular formula is C13H26N2. The molecule has 0 saturated carbocycles. The summed E-state index contributed by atoms with van der Waals surface area (Å²) in [7, 11) is 0.